The molecule has 0 heterocycles. The lowest BCUT2D eigenvalue weighted by Crippen LogP contribution is -2.33. The van der Waals surface area contributed by atoms with E-state index < -0.39 is 0 Å². The number of hydrogen-bond donors (Lipinski definition) is 0. The Kier molecular flexibility index (Phi) is 5.59. The van der Waals surface area contributed by atoms with Gasteiger partial charge in [-0.15, -0.1) is 0 Å². The number of nitrogens with zero attached hydrogens (tertiary/aromatic N) is 1. The van der Waals surface area contributed by atoms with Crippen LogP contribution in [0.1, 0.15) is 50.9 Å². The zero-order valence-electron chi connectivity index (χ0n) is 16.6. The van der Waals surface area contributed by atoms with Gasteiger partial charge >= 0.3 is 5.97 Å². The lowest BCUT2D eigenvalue weighted by molar-refractivity contribution is -0.141. The largest absolute Gasteiger partial charge is 0.462 e. The zero-order chi connectivity index (χ0) is 19.7. The van der Waals surface area contributed by atoms with Gasteiger partial charge in [0.1, 0.15) is 0 Å². The van der Waals surface area contributed by atoms with Crippen molar-refractivity contribution in [3.05, 3.63) is 29.8 Å². The Hall–Kier alpha value is -2.17. The summed E-state index contributed by atoms with van der Waals surface area (Å²) < 4.78 is 4.88. The molecule has 2 atom stereocenters. The number of Topliss-reactive ketones (excluding diaryl/α,β-unsaturated/α-hetero) is 2. The third-order valence-electron chi connectivity index (χ3n) is 6.16. The summed E-state index contributed by atoms with van der Waals surface area (Å²) >= 11 is 0. The van der Waals surface area contributed by atoms with Crippen LogP contribution in [0.15, 0.2) is 24.3 Å². The van der Waals surface area contributed by atoms with E-state index in [4.69, 9.17) is 4.74 Å². The van der Waals surface area contributed by atoms with E-state index in [1.807, 2.05) is 51.9 Å². The number of carbonyl (C=O) groups is 3. The second-order valence-electron chi connectivity index (χ2n) is 8.00. The van der Waals surface area contributed by atoms with Crippen LogP contribution in [0.2, 0.25) is 0 Å². The Morgan fingerprint density at radius 1 is 1.15 bits per heavy atom. The molecule has 5 heteroatoms. The molecule has 26 heavy (non-hydrogen) atoms. The number of carbonyl (C=O) groups excluding carboxylic acids is 3. The van der Waals surface area contributed by atoms with E-state index in [2.05, 4.69) is 0 Å². The number of anilines is 1. The fourth-order valence-electron chi connectivity index (χ4n) is 3.91. The molecular weight excluding hydrogens is 330 g/mol. The Morgan fingerprint density at radius 3 is 2.08 bits per heavy atom. The monoisotopic (exact) mass is 359 g/mol. The molecule has 3 rings (SSSR count). The molecule has 2 saturated carbocycles. The number of benzene rings is 1. The van der Waals surface area contributed by atoms with Gasteiger partial charge in [0.25, 0.3) is 0 Å². The predicted molar refractivity (Wildman–Crippen MR) is 101 cm³/mol. The Labute approximate surface area is 155 Å². The van der Waals surface area contributed by atoms with Gasteiger partial charge in [0.15, 0.2) is 0 Å². The summed E-state index contributed by atoms with van der Waals surface area (Å²) in [6.45, 7) is 8.25. The normalized spacial score (nSPS) is 25.5. The van der Waals surface area contributed by atoms with Crippen LogP contribution in [0.5, 0.6) is 0 Å². The minimum absolute atomic E-state index is 0.00926. The first-order chi connectivity index (χ1) is 12.1. The third-order valence-corrected chi connectivity index (χ3v) is 6.16. The lowest BCUT2D eigenvalue weighted by atomic mass is 9.70. The molecule has 1 aromatic rings. The summed E-state index contributed by atoms with van der Waals surface area (Å²) in [4.78, 5) is 36.3. The molecule has 2 aliphatic carbocycles. The summed E-state index contributed by atoms with van der Waals surface area (Å²) in [5.74, 6) is -0.495. The Balaban J connectivity index is 0.000000189. The molecule has 2 bridgehead atoms. The second-order valence-corrected chi connectivity index (χ2v) is 8.00. The van der Waals surface area contributed by atoms with Crippen molar-refractivity contribution in [1.82, 2.24) is 0 Å². The number of esters is 1. The molecule has 0 amide bonds. The maximum atomic E-state index is 11.6. The molecule has 5 nitrogen and oxygen atoms in total. The van der Waals surface area contributed by atoms with Gasteiger partial charge in [-0.1, -0.05) is 20.8 Å². The molecule has 0 aliphatic heterocycles. The van der Waals surface area contributed by atoms with Crippen LogP contribution in [0.25, 0.3) is 0 Å². The van der Waals surface area contributed by atoms with Crippen molar-refractivity contribution in [3.8, 4) is 0 Å². The summed E-state index contributed by atoms with van der Waals surface area (Å²) in [5, 5.41) is 0. The average molecular weight is 359 g/mol. The molecule has 0 radical (unpaired) electrons. The van der Waals surface area contributed by atoms with Crippen LogP contribution in [0, 0.1) is 16.7 Å². The van der Waals surface area contributed by atoms with Crippen LogP contribution < -0.4 is 4.90 Å². The van der Waals surface area contributed by atoms with E-state index in [1.165, 1.54) is 0 Å². The number of ketones is 2. The van der Waals surface area contributed by atoms with E-state index in [0.29, 0.717) is 12.2 Å². The molecule has 0 N–H and O–H groups in total. The van der Waals surface area contributed by atoms with Crippen LogP contribution in [0.4, 0.5) is 5.69 Å². The van der Waals surface area contributed by atoms with E-state index in [1.54, 1.807) is 19.1 Å². The van der Waals surface area contributed by atoms with Gasteiger partial charge in [-0.05, 0) is 49.4 Å². The number of rotatable bonds is 3. The van der Waals surface area contributed by atoms with Gasteiger partial charge < -0.3 is 9.64 Å². The van der Waals surface area contributed by atoms with Crippen LogP contribution in [-0.2, 0) is 14.3 Å². The molecule has 2 aliphatic rings. The highest BCUT2D eigenvalue weighted by atomic mass is 16.5. The van der Waals surface area contributed by atoms with Gasteiger partial charge in [-0.2, -0.15) is 0 Å². The molecule has 2 fully saturated rings. The van der Waals surface area contributed by atoms with Crippen LogP contribution >= 0.6 is 0 Å². The van der Waals surface area contributed by atoms with Gasteiger partial charge in [-0.25, -0.2) is 4.79 Å². The second kappa shape index (κ2) is 7.22. The number of ether oxygens (including phenoxy) is 1. The fourth-order valence-corrected chi connectivity index (χ4v) is 3.91. The van der Waals surface area contributed by atoms with Gasteiger partial charge in [0, 0.05) is 31.1 Å². The molecule has 1 aromatic carbocycles. The SMILES string of the molecule is CC12CCC(C(=O)C1=O)C2(C)C.CCOC(=O)c1ccc(N(C)C)cc1. The minimum Gasteiger partial charge on any atom is -0.462 e. The standard InChI is InChI=1S/C11H15NO2.C10H14O2/c1-4-14-11(13)9-5-7-10(8-6-9)12(2)3;1-9(2)6-4-5-10(9,3)8(12)7(6)11/h5-8H,4H2,1-3H3;6H,4-5H2,1-3H3. The van der Waals surface area contributed by atoms with Crippen molar-refractivity contribution in [2.75, 3.05) is 25.6 Å². The first-order valence-corrected chi connectivity index (χ1v) is 9.09. The highest BCUT2D eigenvalue weighted by molar-refractivity contribution is 6.43. The smallest absolute Gasteiger partial charge is 0.338 e. The van der Waals surface area contributed by atoms with Crippen molar-refractivity contribution in [2.45, 2.75) is 40.5 Å². The average Bonchev–Trinajstić information content (AvgIpc) is 2.90. The van der Waals surface area contributed by atoms with Crippen molar-refractivity contribution in [2.24, 2.45) is 16.7 Å². The van der Waals surface area contributed by atoms with Gasteiger partial charge in [0.2, 0.25) is 11.6 Å². The quantitative estimate of drug-likeness (QED) is 0.610. The van der Waals surface area contributed by atoms with Crippen molar-refractivity contribution in [3.63, 3.8) is 0 Å². The highest BCUT2D eigenvalue weighted by Gasteiger charge is 2.66. The minimum atomic E-state index is -0.352. The number of hydrogen-bond acceptors (Lipinski definition) is 5. The highest BCUT2D eigenvalue weighted by Crippen LogP contribution is 2.61. The Morgan fingerprint density at radius 2 is 1.73 bits per heavy atom. The first kappa shape index (κ1) is 20.1. The number of fused-ring (bicyclic) bond motifs is 2. The van der Waals surface area contributed by atoms with Gasteiger partial charge in [0.05, 0.1) is 12.2 Å². The zero-order valence-corrected chi connectivity index (χ0v) is 16.6. The topological polar surface area (TPSA) is 63.7 Å². The molecule has 2 unspecified atom stereocenters. The summed E-state index contributed by atoms with van der Waals surface area (Å²) in [6, 6.07) is 7.33. The van der Waals surface area contributed by atoms with Gasteiger partial charge in [-0.3, -0.25) is 9.59 Å². The lowest BCUT2D eigenvalue weighted by Gasteiger charge is -2.31. The molecule has 0 aromatic heterocycles. The van der Waals surface area contributed by atoms with Crippen molar-refractivity contribution < 1.29 is 19.1 Å². The third kappa shape index (κ3) is 3.27. The van der Waals surface area contributed by atoms with Crippen molar-refractivity contribution >= 4 is 23.2 Å². The maximum absolute atomic E-state index is 11.6. The molecule has 0 spiro atoms. The fraction of sp³-hybridized carbons (Fsp3) is 0.571. The van der Waals surface area contributed by atoms with E-state index in [0.717, 1.165) is 18.5 Å². The predicted octanol–water partition coefficient (Wildman–Crippen LogP) is 3.51. The van der Waals surface area contributed by atoms with E-state index >= 15 is 0 Å². The van der Waals surface area contributed by atoms with E-state index in [9.17, 15) is 14.4 Å². The van der Waals surface area contributed by atoms with Crippen LogP contribution in [-0.4, -0.2) is 38.2 Å². The van der Waals surface area contributed by atoms with E-state index in [-0.39, 0.29) is 34.3 Å². The molecule has 142 valence electrons. The molecular formula is C21H29NO4. The van der Waals surface area contributed by atoms with Crippen LogP contribution in [0.3, 0.4) is 0 Å². The summed E-state index contributed by atoms with van der Waals surface area (Å²) in [6.07, 6.45) is 1.81. The summed E-state index contributed by atoms with van der Waals surface area (Å²) in [5.41, 5.74) is 1.21. The summed E-state index contributed by atoms with van der Waals surface area (Å²) in [7, 11) is 3.92. The first-order valence-electron chi connectivity index (χ1n) is 9.09. The maximum Gasteiger partial charge on any atom is 0.338 e. The van der Waals surface area contributed by atoms with Crippen molar-refractivity contribution in [1.29, 1.82) is 0 Å². The molecule has 0 saturated heterocycles. The Bertz CT molecular complexity index is 705.